The second kappa shape index (κ2) is 8.97. The molecular weight excluding hydrogens is 404 g/mol. The number of nitrogens with zero attached hydrogens (tertiary/aromatic N) is 5. The van der Waals surface area contributed by atoms with E-state index in [0.717, 1.165) is 18.0 Å². The summed E-state index contributed by atoms with van der Waals surface area (Å²) in [5.41, 5.74) is 0.437. The number of aliphatic carboxylic acids is 1. The summed E-state index contributed by atoms with van der Waals surface area (Å²) in [6.07, 6.45) is 3.47. The zero-order valence-electron chi connectivity index (χ0n) is 14.7. The monoisotopic (exact) mass is 418 g/mol. The normalized spacial score (nSPS) is 17.6. The number of thioether (sulfide) groups is 1. The Kier molecular flexibility index (Phi) is 6.19. The van der Waals surface area contributed by atoms with Crippen molar-refractivity contribution in [1.29, 1.82) is 0 Å². The average molecular weight is 418 g/mol. The number of nitro groups is 1. The lowest BCUT2D eigenvalue weighted by Gasteiger charge is -2.08. The van der Waals surface area contributed by atoms with Gasteiger partial charge in [-0.25, -0.2) is 4.68 Å². The van der Waals surface area contributed by atoms with E-state index in [1.807, 2.05) is 0 Å². The smallest absolute Gasteiger partial charge is 0.307 e. The third kappa shape index (κ3) is 5.38. The highest BCUT2D eigenvalue weighted by molar-refractivity contribution is 8.15. The zero-order chi connectivity index (χ0) is 20.8. The fourth-order valence-electron chi connectivity index (χ4n) is 2.26. The van der Waals surface area contributed by atoms with Gasteiger partial charge in [-0.3, -0.25) is 19.7 Å². The summed E-state index contributed by atoms with van der Waals surface area (Å²) in [5.74, 6) is -1.05. The Morgan fingerprint density at radius 2 is 2.28 bits per heavy atom. The van der Waals surface area contributed by atoms with E-state index >= 15 is 0 Å². The molecule has 0 spiro atoms. The third-order valence-electron chi connectivity index (χ3n) is 3.58. The summed E-state index contributed by atoms with van der Waals surface area (Å²) in [5, 5.41) is 33.0. The number of rotatable bonds is 8. The highest BCUT2D eigenvalue weighted by atomic mass is 32.2. The molecule has 150 valence electrons. The quantitative estimate of drug-likeness (QED) is 0.367. The summed E-state index contributed by atoms with van der Waals surface area (Å²) in [4.78, 5) is 32.5. The van der Waals surface area contributed by atoms with E-state index in [1.165, 1.54) is 17.1 Å². The molecule has 1 aliphatic rings. The SMILES string of the molecule is O=C(O)CC1SC(=NN=Cc2ccccc2OCn2cc([N+](=O)[O-])cn2)NC1=O. The molecule has 1 aliphatic heterocycles. The van der Waals surface area contributed by atoms with Crippen LogP contribution in [-0.2, 0) is 16.3 Å². The Hall–Kier alpha value is -3.74. The number of amides is 1. The molecule has 1 aromatic heterocycles. The van der Waals surface area contributed by atoms with Gasteiger partial charge in [0.25, 0.3) is 0 Å². The number of hydrogen-bond donors (Lipinski definition) is 2. The Balaban J connectivity index is 1.63. The Labute approximate surface area is 167 Å². The van der Waals surface area contributed by atoms with Gasteiger partial charge in [0.1, 0.15) is 23.4 Å². The lowest BCUT2D eigenvalue weighted by Crippen LogP contribution is -2.26. The second-order valence-corrected chi connectivity index (χ2v) is 6.84. The van der Waals surface area contributed by atoms with Crippen molar-refractivity contribution < 1.29 is 24.4 Å². The molecule has 2 heterocycles. The van der Waals surface area contributed by atoms with Crippen LogP contribution in [-0.4, -0.2) is 48.3 Å². The number of ether oxygens (including phenoxy) is 1. The Morgan fingerprint density at radius 1 is 1.48 bits per heavy atom. The number of nitrogens with one attached hydrogen (secondary N) is 1. The maximum absolute atomic E-state index is 11.7. The molecule has 12 nitrogen and oxygen atoms in total. The predicted octanol–water partition coefficient (Wildman–Crippen LogP) is 1.22. The largest absolute Gasteiger partial charge is 0.481 e. The van der Waals surface area contributed by atoms with Gasteiger partial charge in [0.2, 0.25) is 5.91 Å². The van der Waals surface area contributed by atoms with Gasteiger partial charge in [-0.05, 0) is 12.1 Å². The number of carbonyl (C=O) groups is 2. The summed E-state index contributed by atoms with van der Waals surface area (Å²) in [7, 11) is 0. The number of carboxylic acid groups (broad SMARTS) is 1. The number of aromatic nitrogens is 2. The topological polar surface area (TPSA) is 161 Å². The van der Waals surface area contributed by atoms with Crippen LogP contribution in [0.25, 0.3) is 0 Å². The molecule has 0 aliphatic carbocycles. The first-order valence-electron chi connectivity index (χ1n) is 8.11. The lowest BCUT2D eigenvalue weighted by molar-refractivity contribution is -0.385. The van der Waals surface area contributed by atoms with Crippen molar-refractivity contribution in [2.75, 3.05) is 0 Å². The number of amidine groups is 1. The molecule has 1 atom stereocenters. The summed E-state index contributed by atoms with van der Waals surface area (Å²) >= 11 is 0.995. The van der Waals surface area contributed by atoms with Gasteiger partial charge in [0.15, 0.2) is 11.9 Å². The van der Waals surface area contributed by atoms with Crippen LogP contribution in [0.15, 0.2) is 46.9 Å². The Bertz CT molecular complexity index is 1000. The number of para-hydroxylation sites is 1. The molecule has 2 N–H and O–H groups in total. The molecule has 13 heteroatoms. The van der Waals surface area contributed by atoms with E-state index in [9.17, 15) is 19.7 Å². The van der Waals surface area contributed by atoms with Crippen LogP contribution in [0.4, 0.5) is 5.69 Å². The minimum Gasteiger partial charge on any atom is -0.481 e. The average Bonchev–Trinajstić information content (AvgIpc) is 3.28. The van der Waals surface area contributed by atoms with Gasteiger partial charge in [-0.1, -0.05) is 23.9 Å². The predicted molar refractivity (Wildman–Crippen MR) is 103 cm³/mol. The number of hydrogen-bond acceptors (Lipinski definition) is 9. The highest BCUT2D eigenvalue weighted by Crippen LogP contribution is 2.22. The minimum atomic E-state index is -1.07. The third-order valence-corrected chi connectivity index (χ3v) is 4.66. The minimum absolute atomic E-state index is 0.0456. The van der Waals surface area contributed by atoms with Crippen LogP contribution in [0.2, 0.25) is 0 Å². The molecule has 29 heavy (non-hydrogen) atoms. The Morgan fingerprint density at radius 3 is 3.00 bits per heavy atom. The molecule has 0 radical (unpaired) electrons. The number of carbonyl (C=O) groups excluding carboxylic acids is 1. The van der Waals surface area contributed by atoms with Gasteiger partial charge >= 0.3 is 11.7 Å². The molecular formula is C16H14N6O6S. The second-order valence-electron chi connectivity index (χ2n) is 5.65. The molecule has 2 aromatic rings. The van der Waals surface area contributed by atoms with Gasteiger partial charge in [0, 0.05) is 5.56 Å². The van der Waals surface area contributed by atoms with Gasteiger partial charge in [-0.15, -0.1) is 5.10 Å². The van der Waals surface area contributed by atoms with Gasteiger partial charge < -0.3 is 15.2 Å². The number of benzene rings is 1. The molecule has 1 amide bonds. The maximum atomic E-state index is 11.7. The lowest BCUT2D eigenvalue weighted by atomic mass is 10.2. The van der Waals surface area contributed by atoms with Crippen molar-refractivity contribution in [3.8, 4) is 5.75 Å². The van der Waals surface area contributed by atoms with Crippen LogP contribution in [0.5, 0.6) is 5.75 Å². The first-order valence-corrected chi connectivity index (χ1v) is 8.99. The molecule has 1 fully saturated rings. The van der Waals surface area contributed by atoms with Crippen LogP contribution in [0.3, 0.4) is 0 Å². The van der Waals surface area contributed by atoms with Gasteiger partial charge in [-0.2, -0.15) is 10.2 Å². The molecule has 3 rings (SSSR count). The van der Waals surface area contributed by atoms with E-state index < -0.39 is 22.0 Å². The summed E-state index contributed by atoms with van der Waals surface area (Å²) < 4.78 is 6.89. The highest BCUT2D eigenvalue weighted by Gasteiger charge is 2.32. The van der Waals surface area contributed by atoms with Crippen molar-refractivity contribution in [2.24, 2.45) is 10.2 Å². The fourth-order valence-corrected chi connectivity index (χ4v) is 3.18. The van der Waals surface area contributed by atoms with E-state index in [2.05, 4.69) is 20.6 Å². The van der Waals surface area contributed by atoms with Crippen LogP contribution < -0.4 is 10.1 Å². The molecule has 0 saturated carbocycles. The van der Waals surface area contributed by atoms with Crippen molar-refractivity contribution in [2.45, 2.75) is 18.4 Å². The zero-order valence-corrected chi connectivity index (χ0v) is 15.5. The fraction of sp³-hybridized carbons (Fsp3) is 0.188. The van der Waals surface area contributed by atoms with Gasteiger partial charge in [0.05, 0.1) is 17.6 Å². The summed E-state index contributed by atoms with van der Waals surface area (Å²) in [6, 6.07) is 6.91. The maximum Gasteiger partial charge on any atom is 0.307 e. The van der Waals surface area contributed by atoms with Crippen LogP contribution in [0.1, 0.15) is 12.0 Å². The van der Waals surface area contributed by atoms with Crippen molar-refractivity contribution in [3.63, 3.8) is 0 Å². The number of carboxylic acids is 1. The van der Waals surface area contributed by atoms with Crippen LogP contribution >= 0.6 is 11.8 Å². The molecule has 1 unspecified atom stereocenters. The van der Waals surface area contributed by atoms with E-state index in [0.29, 0.717) is 11.3 Å². The molecule has 1 saturated heterocycles. The van der Waals surface area contributed by atoms with E-state index in [-0.39, 0.29) is 24.0 Å². The first-order chi connectivity index (χ1) is 13.9. The van der Waals surface area contributed by atoms with Crippen molar-refractivity contribution >= 4 is 40.7 Å². The van der Waals surface area contributed by atoms with Crippen molar-refractivity contribution in [1.82, 2.24) is 15.1 Å². The van der Waals surface area contributed by atoms with E-state index in [4.69, 9.17) is 9.84 Å². The first kappa shape index (κ1) is 20.0. The molecule has 0 bridgehead atoms. The summed E-state index contributed by atoms with van der Waals surface area (Å²) in [6.45, 7) is -0.0456. The van der Waals surface area contributed by atoms with E-state index in [1.54, 1.807) is 24.3 Å². The van der Waals surface area contributed by atoms with Crippen molar-refractivity contribution in [3.05, 3.63) is 52.3 Å². The van der Waals surface area contributed by atoms with Crippen LogP contribution in [0, 0.1) is 10.1 Å². The standard InChI is InChI=1S/C16H14N6O6S/c23-14(24)5-13-15(25)19-16(29-13)20-17-6-10-3-1-2-4-12(10)28-9-21-8-11(7-18-21)22(26)27/h1-4,6-8,13H,5,9H2,(H,23,24)(H,19,20,25). The molecule has 1 aromatic carbocycles.